The largest absolute Gasteiger partial charge is 0.351 e. The summed E-state index contributed by atoms with van der Waals surface area (Å²) in [6, 6.07) is 20.3. The van der Waals surface area contributed by atoms with Gasteiger partial charge in [0, 0.05) is 86.2 Å². The fourth-order valence-electron chi connectivity index (χ4n) is 7.94. The number of benzene rings is 2. The summed E-state index contributed by atoms with van der Waals surface area (Å²) in [5.74, 6) is 2.22. The maximum absolute atomic E-state index is 9.32. The van der Waals surface area contributed by atoms with E-state index in [1.54, 1.807) is 23.3 Å². The summed E-state index contributed by atoms with van der Waals surface area (Å²) in [6.45, 7) is 5.60. The minimum absolute atomic E-state index is 0.146. The highest BCUT2D eigenvalue weighted by Crippen LogP contribution is 2.38. The summed E-state index contributed by atoms with van der Waals surface area (Å²) in [7, 11) is 0. The van der Waals surface area contributed by atoms with Gasteiger partial charge in [-0.1, -0.05) is 46.9 Å². The third-order valence-corrected chi connectivity index (χ3v) is 11.4. The fraction of sp³-hybridized carbons (Fsp3) is 0.368. The quantitative estimate of drug-likeness (QED) is 0.255. The van der Waals surface area contributed by atoms with Crippen LogP contribution in [0.5, 0.6) is 0 Å². The van der Waals surface area contributed by atoms with E-state index >= 15 is 0 Å². The highest BCUT2D eigenvalue weighted by Gasteiger charge is 2.41. The van der Waals surface area contributed by atoms with Crippen LogP contribution in [0.25, 0.3) is 11.4 Å². The summed E-state index contributed by atoms with van der Waals surface area (Å²) in [6.07, 6.45) is 10.4. The lowest BCUT2D eigenvalue weighted by Gasteiger charge is -2.39. The Morgan fingerprint density at radius 2 is 1.22 bits per heavy atom. The van der Waals surface area contributed by atoms with Gasteiger partial charge in [-0.2, -0.15) is 10.5 Å². The first-order valence-corrected chi connectivity index (χ1v) is 20.2. The minimum Gasteiger partial charge on any atom is -0.351 e. The molecule has 6 aromatic rings. The van der Waals surface area contributed by atoms with E-state index in [0.717, 1.165) is 81.6 Å². The number of hydrogen-bond acceptors (Lipinski definition) is 16. The Labute approximate surface area is 354 Å². The highest BCUT2D eigenvalue weighted by molar-refractivity contribution is 6.31. The Kier molecular flexibility index (Phi) is 12.5. The topological polar surface area (TPSA) is 208 Å². The van der Waals surface area contributed by atoms with E-state index in [9.17, 15) is 5.26 Å². The van der Waals surface area contributed by atoms with Crippen molar-refractivity contribution >= 4 is 40.6 Å². The van der Waals surface area contributed by atoms with Crippen LogP contribution >= 0.6 is 34.8 Å². The molecular weight excluding hydrogens is 815 g/mol. The van der Waals surface area contributed by atoms with E-state index in [1.165, 1.54) is 23.6 Å². The molecule has 0 spiro atoms. The molecule has 18 nitrogen and oxygen atoms in total. The third kappa shape index (κ3) is 9.13. The van der Waals surface area contributed by atoms with Gasteiger partial charge in [-0.25, -0.2) is 19.9 Å². The number of nitrogens with one attached hydrogen (secondary N) is 1. The lowest BCUT2D eigenvalue weighted by molar-refractivity contribution is 0.157. The number of nitriles is 2. The molecule has 4 saturated heterocycles. The van der Waals surface area contributed by atoms with Crippen LogP contribution in [0.3, 0.4) is 0 Å². The molecule has 4 aliphatic rings. The first kappa shape index (κ1) is 40.1. The molecule has 4 fully saturated rings. The molecule has 0 amide bonds. The number of nitrogens with zero attached hydrogens (tertiary/aromatic N) is 17. The fourth-order valence-corrected chi connectivity index (χ4v) is 8.46. The zero-order valence-electron chi connectivity index (χ0n) is 31.5. The zero-order valence-corrected chi connectivity index (χ0v) is 33.8. The van der Waals surface area contributed by atoms with Gasteiger partial charge in [-0.15, -0.1) is 30.0 Å². The maximum atomic E-state index is 9.32. The molecule has 10 rings (SSSR count). The third-order valence-electron chi connectivity index (χ3n) is 10.6. The van der Waals surface area contributed by atoms with Crippen LogP contribution in [0.15, 0.2) is 73.3 Å². The molecule has 59 heavy (non-hydrogen) atoms. The number of rotatable bonds is 5. The van der Waals surface area contributed by atoms with Crippen molar-refractivity contribution in [3.05, 3.63) is 112 Å². The van der Waals surface area contributed by atoms with Crippen molar-refractivity contribution in [3.8, 4) is 23.5 Å². The standard InChI is InChI=1S/C19H18ClN9.C14H17ClN6.C5H2ClN3/c20-13-2-1-3-14(10-13)29-25-18(24-26-29)17-5-4-15-12-27(8-9-28(15)17)19-16(11-21)22-6-7-23-19;15-10-2-1-3-11(8-10)21-18-14(17-19-21)13-5-4-12-9-16-6-7-20(12)13;6-5-4(3-7)8-1-2-9-5/h1-3,6-7,10,15,17H,4-5,8-9,12H2;1-3,8,12-13,16H,4-7,9H2;1-2H/t15-,17+;12-,13+;/m00./s1. The second kappa shape index (κ2) is 18.5. The van der Waals surface area contributed by atoms with Crippen molar-refractivity contribution < 1.29 is 0 Å². The van der Waals surface area contributed by atoms with E-state index in [-0.39, 0.29) is 16.9 Å². The number of halogens is 3. The lowest BCUT2D eigenvalue weighted by atomic mass is 10.1. The molecule has 1 N–H and O–H groups in total. The van der Waals surface area contributed by atoms with Crippen molar-refractivity contribution in [3.63, 3.8) is 0 Å². The van der Waals surface area contributed by atoms with Gasteiger partial charge in [-0.3, -0.25) is 9.80 Å². The van der Waals surface area contributed by atoms with E-state index in [2.05, 4.69) is 76.8 Å². The van der Waals surface area contributed by atoms with Crippen molar-refractivity contribution in [1.29, 1.82) is 10.5 Å². The number of hydrogen-bond donors (Lipinski definition) is 1. The summed E-state index contributed by atoms with van der Waals surface area (Å²) in [5, 5.41) is 48.7. The van der Waals surface area contributed by atoms with Gasteiger partial charge >= 0.3 is 0 Å². The molecule has 4 aliphatic heterocycles. The van der Waals surface area contributed by atoms with E-state index in [0.29, 0.717) is 39.7 Å². The molecule has 0 radical (unpaired) electrons. The van der Waals surface area contributed by atoms with Gasteiger partial charge in [0.15, 0.2) is 34.0 Å². The normalized spacial score (nSPS) is 21.2. The molecule has 2 aromatic carbocycles. The van der Waals surface area contributed by atoms with Crippen molar-refractivity contribution in [1.82, 2.24) is 75.5 Å². The van der Waals surface area contributed by atoms with Crippen LogP contribution in [0, 0.1) is 22.7 Å². The van der Waals surface area contributed by atoms with Crippen molar-refractivity contribution in [2.75, 3.05) is 44.2 Å². The second-order valence-electron chi connectivity index (χ2n) is 14.1. The van der Waals surface area contributed by atoms with Crippen LogP contribution in [-0.2, 0) is 0 Å². The SMILES string of the molecule is Clc1cccc(-n2nnc([C@H]3CC[C@H]4CNCCN43)n2)c1.N#Cc1nccnc1Cl.N#Cc1nccnc1N1CCN2[C@@H](CC[C@@H]2c2nnn(-c3cccc(Cl)c3)n2)C1. The van der Waals surface area contributed by atoms with Crippen LogP contribution in [0.1, 0.15) is 60.8 Å². The average molecular weight is 852 g/mol. The van der Waals surface area contributed by atoms with Crippen molar-refractivity contribution in [2.45, 2.75) is 49.9 Å². The minimum atomic E-state index is 0.146. The molecule has 0 unspecified atom stereocenters. The molecule has 8 heterocycles. The Hall–Kier alpha value is -5.73. The molecule has 0 saturated carbocycles. The van der Waals surface area contributed by atoms with E-state index < -0.39 is 0 Å². The molecule has 0 aliphatic carbocycles. The molecule has 4 atom stereocenters. The summed E-state index contributed by atoms with van der Waals surface area (Å²) in [4.78, 5) is 26.0. The Bertz CT molecular complexity index is 2460. The van der Waals surface area contributed by atoms with Crippen LogP contribution in [-0.4, -0.2) is 122 Å². The first-order valence-electron chi connectivity index (χ1n) is 19.0. The number of aromatic nitrogens is 12. The van der Waals surface area contributed by atoms with Crippen LogP contribution < -0.4 is 10.2 Å². The predicted octanol–water partition coefficient (Wildman–Crippen LogP) is 4.43. The smallest absolute Gasteiger partial charge is 0.192 e. The predicted molar refractivity (Wildman–Crippen MR) is 217 cm³/mol. The monoisotopic (exact) mass is 850 g/mol. The molecule has 21 heteroatoms. The number of fused-ring (bicyclic) bond motifs is 2. The first-order chi connectivity index (χ1) is 28.9. The van der Waals surface area contributed by atoms with Crippen LogP contribution in [0.2, 0.25) is 15.2 Å². The maximum Gasteiger partial charge on any atom is 0.192 e. The van der Waals surface area contributed by atoms with Gasteiger partial charge in [-0.05, 0) is 72.5 Å². The molecular formula is C38H37Cl3N18. The summed E-state index contributed by atoms with van der Waals surface area (Å²) in [5.41, 5.74) is 2.18. The van der Waals surface area contributed by atoms with Gasteiger partial charge in [0.25, 0.3) is 0 Å². The second-order valence-corrected chi connectivity index (χ2v) is 15.3. The number of tetrazole rings is 2. The highest BCUT2D eigenvalue weighted by atomic mass is 35.5. The van der Waals surface area contributed by atoms with Crippen LogP contribution in [0.4, 0.5) is 5.82 Å². The molecule has 300 valence electrons. The summed E-state index contributed by atoms with van der Waals surface area (Å²) < 4.78 is 0. The van der Waals surface area contributed by atoms with Gasteiger partial charge in [0.2, 0.25) is 0 Å². The van der Waals surface area contributed by atoms with Crippen molar-refractivity contribution in [2.24, 2.45) is 0 Å². The number of anilines is 1. The lowest BCUT2D eigenvalue weighted by Crippen LogP contribution is -2.51. The van der Waals surface area contributed by atoms with Gasteiger partial charge < -0.3 is 10.2 Å². The zero-order chi connectivity index (χ0) is 40.7. The van der Waals surface area contributed by atoms with Gasteiger partial charge in [0.05, 0.1) is 23.5 Å². The average Bonchev–Trinajstić information content (AvgIpc) is 4.11. The Morgan fingerprint density at radius 1 is 0.644 bits per heavy atom. The van der Waals surface area contributed by atoms with E-state index in [4.69, 9.17) is 40.1 Å². The molecule has 4 aromatic heterocycles. The number of piperazine rings is 2. The van der Waals surface area contributed by atoms with E-state index in [1.807, 2.05) is 48.5 Å². The Morgan fingerprint density at radius 3 is 1.81 bits per heavy atom. The molecule has 0 bridgehead atoms. The Balaban J connectivity index is 0.000000140. The van der Waals surface area contributed by atoms with Gasteiger partial charge in [0.1, 0.15) is 12.1 Å². The summed E-state index contributed by atoms with van der Waals surface area (Å²) >= 11 is 17.5.